The van der Waals surface area contributed by atoms with E-state index in [9.17, 15) is 0 Å². The van der Waals surface area contributed by atoms with Crippen LogP contribution in [0.5, 0.6) is 0 Å². The zero-order valence-corrected chi connectivity index (χ0v) is 9.51. The summed E-state index contributed by atoms with van der Waals surface area (Å²) in [7, 11) is 0. The summed E-state index contributed by atoms with van der Waals surface area (Å²) in [5, 5.41) is 3.14. The van der Waals surface area contributed by atoms with Gasteiger partial charge < -0.3 is 5.32 Å². The number of hydrogen-bond donors (Lipinski definition) is 1. The monoisotopic (exact) mass is 217 g/mol. The maximum absolute atomic E-state index is 4.46. The van der Waals surface area contributed by atoms with Crippen LogP contribution in [-0.4, -0.2) is 26.1 Å². The van der Waals surface area contributed by atoms with Gasteiger partial charge in [0, 0.05) is 25.4 Å². The highest BCUT2D eigenvalue weighted by Gasteiger charge is 2.05. The second kappa shape index (κ2) is 4.74. The summed E-state index contributed by atoms with van der Waals surface area (Å²) in [6, 6.07) is 0. The molecule has 2 rings (SSSR count). The molecular weight excluding hydrogens is 202 g/mol. The third kappa shape index (κ3) is 2.03. The molecule has 0 saturated heterocycles. The van der Waals surface area contributed by atoms with Crippen LogP contribution in [-0.2, 0) is 6.42 Å². The van der Waals surface area contributed by atoms with E-state index in [1.807, 2.05) is 17.7 Å². The lowest BCUT2D eigenvalue weighted by molar-refractivity contribution is 0.860. The van der Waals surface area contributed by atoms with E-state index < -0.39 is 0 Å². The largest absolute Gasteiger partial charge is 0.369 e. The molecule has 0 aliphatic carbocycles. The molecule has 16 heavy (non-hydrogen) atoms. The molecule has 0 aliphatic rings. The first kappa shape index (κ1) is 10.6. The predicted molar refractivity (Wildman–Crippen MR) is 62.7 cm³/mol. The van der Waals surface area contributed by atoms with Crippen LogP contribution in [0.1, 0.15) is 19.7 Å². The third-order valence-corrected chi connectivity index (χ3v) is 2.26. The molecule has 1 N–H and O–H groups in total. The van der Waals surface area contributed by atoms with Crippen molar-refractivity contribution in [1.29, 1.82) is 0 Å². The summed E-state index contributed by atoms with van der Waals surface area (Å²) in [6.45, 7) is 4.94. The van der Waals surface area contributed by atoms with Crippen LogP contribution in [0, 0.1) is 0 Å². The summed E-state index contributed by atoms with van der Waals surface area (Å²) in [5.74, 6) is 2.58. The fourth-order valence-corrected chi connectivity index (χ4v) is 1.54. The molecule has 2 aromatic heterocycles. The lowest BCUT2D eigenvalue weighted by atomic mass is 10.4. The molecule has 0 radical (unpaired) electrons. The number of anilines is 1. The second-order valence-corrected chi connectivity index (χ2v) is 3.36. The van der Waals surface area contributed by atoms with E-state index in [1.165, 1.54) is 0 Å². The molecule has 0 aromatic carbocycles. The van der Waals surface area contributed by atoms with Crippen LogP contribution in [0.4, 0.5) is 5.82 Å². The molecule has 84 valence electrons. The summed E-state index contributed by atoms with van der Waals surface area (Å²) < 4.78 is 1.95. The average molecular weight is 217 g/mol. The molecule has 5 nitrogen and oxygen atoms in total. The predicted octanol–water partition coefficient (Wildman–Crippen LogP) is 1.66. The standard InChI is InChI=1S/C11H15N5/c1-3-10-14-5-6-16(10)11-8-12-7-9(15-11)13-4-2/h5-8H,3-4H2,1-2H3,(H,13,15). The Hall–Kier alpha value is -1.91. The number of imidazole rings is 1. The van der Waals surface area contributed by atoms with Gasteiger partial charge in [0.2, 0.25) is 0 Å². The van der Waals surface area contributed by atoms with E-state index in [2.05, 4.69) is 27.2 Å². The zero-order chi connectivity index (χ0) is 11.4. The molecule has 0 atom stereocenters. The quantitative estimate of drug-likeness (QED) is 0.846. The number of rotatable bonds is 4. The van der Waals surface area contributed by atoms with E-state index in [1.54, 1.807) is 18.6 Å². The van der Waals surface area contributed by atoms with E-state index >= 15 is 0 Å². The number of nitrogens with one attached hydrogen (secondary N) is 1. The molecule has 0 aliphatic heterocycles. The van der Waals surface area contributed by atoms with E-state index in [0.29, 0.717) is 0 Å². The van der Waals surface area contributed by atoms with Gasteiger partial charge in [-0.25, -0.2) is 9.97 Å². The number of nitrogens with zero attached hydrogens (tertiary/aromatic N) is 4. The Bertz CT molecular complexity index is 463. The Labute approximate surface area is 94.6 Å². The summed E-state index contributed by atoms with van der Waals surface area (Å²) in [6.07, 6.45) is 8.01. The lowest BCUT2D eigenvalue weighted by Crippen LogP contribution is -2.06. The molecular formula is C11H15N5. The highest BCUT2D eigenvalue weighted by molar-refractivity contribution is 5.36. The van der Waals surface area contributed by atoms with Crippen LogP contribution >= 0.6 is 0 Å². The van der Waals surface area contributed by atoms with Crippen molar-refractivity contribution in [3.8, 4) is 5.82 Å². The Morgan fingerprint density at radius 2 is 2.19 bits per heavy atom. The molecule has 0 bridgehead atoms. The SMILES string of the molecule is CCNc1cncc(-n2ccnc2CC)n1. The molecule has 0 amide bonds. The Morgan fingerprint density at radius 3 is 2.94 bits per heavy atom. The fourth-order valence-electron chi connectivity index (χ4n) is 1.54. The summed E-state index contributed by atoms with van der Waals surface area (Å²) in [5.41, 5.74) is 0. The van der Waals surface area contributed by atoms with Crippen molar-refractivity contribution in [3.05, 3.63) is 30.6 Å². The number of hydrogen-bond acceptors (Lipinski definition) is 4. The van der Waals surface area contributed by atoms with E-state index in [4.69, 9.17) is 0 Å². The minimum atomic E-state index is 0.788. The van der Waals surface area contributed by atoms with Crippen LogP contribution in [0.25, 0.3) is 5.82 Å². The molecule has 0 saturated carbocycles. The third-order valence-electron chi connectivity index (χ3n) is 2.26. The Balaban J connectivity index is 2.36. The summed E-state index contributed by atoms with van der Waals surface area (Å²) in [4.78, 5) is 12.9. The minimum absolute atomic E-state index is 0.788. The molecule has 0 fully saturated rings. The Morgan fingerprint density at radius 1 is 1.31 bits per heavy atom. The van der Waals surface area contributed by atoms with Crippen molar-refractivity contribution >= 4 is 5.82 Å². The van der Waals surface area contributed by atoms with Crippen molar-refractivity contribution in [1.82, 2.24) is 19.5 Å². The van der Waals surface area contributed by atoms with Gasteiger partial charge in [0.15, 0.2) is 5.82 Å². The van der Waals surface area contributed by atoms with E-state index in [0.717, 1.165) is 30.4 Å². The second-order valence-electron chi connectivity index (χ2n) is 3.36. The number of aryl methyl sites for hydroxylation is 1. The fraction of sp³-hybridized carbons (Fsp3) is 0.364. The lowest BCUT2D eigenvalue weighted by Gasteiger charge is -2.07. The van der Waals surface area contributed by atoms with Crippen molar-refractivity contribution < 1.29 is 0 Å². The Kier molecular flexibility index (Phi) is 3.14. The van der Waals surface area contributed by atoms with Gasteiger partial charge in [-0.15, -0.1) is 0 Å². The first-order valence-electron chi connectivity index (χ1n) is 5.43. The first-order valence-corrected chi connectivity index (χ1v) is 5.43. The van der Waals surface area contributed by atoms with Crippen LogP contribution in [0.3, 0.4) is 0 Å². The topological polar surface area (TPSA) is 55.6 Å². The molecule has 0 unspecified atom stereocenters. The van der Waals surface area contributed by atoms with E-state index in [-0.39, 0.29) is 0 Å². The van der Waals surface area contributed by atoms with Gasteiger partial charge in [-0.1, -0.05) is 6.92 Å². The first-order chi connectivity index (χ1) is 7.85. The highest BCUT2D eigenvalue weighted by atomic mass is 15.2. The van der Waals surface area contributed by atoms with Gasteiger partial charge >= 0.3 is 0 Å². The van der Waals surface area contributed by atoms with Gasteiger partial charge in [0.05, 0.1) is 12.4 Å². The summed E-state index contributed by atoms with van der Waals surface area (Å²) >= 11 is 0. The highest BCUT2D eigenvalue weighted by Crippen LogP contribution is 2.10. The van der Waals surface area contributed by atoms with Gasteiger partial charge in [0.1, 0.15) is 11.6 Å². The maximum Gasteiger partial charge on any atom is 0.159 e. The minimum Gasteiger partial charge on any atom is -0.369 e. The maximum atomic E-state index is 4.46. The smallest absolute Gasteiger partial charge is 0.159 e. The van der Waals surface area contributed by atoms with Crippen molar-refractivity contribution in [2.45, 2.75) is 20.3 Å². The van der Waals surface area contributed by atoms with Crippen molar-refractivity contribution in [2.75, 3.05) is 11.9 Å². The average Bonchev–Trinajstić information content (AvgIpc) is 2.78. The van der Waals surface area contributed by atoms with Crippen LogP contribution < -0.4 is 5.32 Å². The molecule has 5 heteroatoms. The van der Waals surface area contributed by atoms with Crippen molar-refractivity contribution in [3.63, 3.8) is 0 Å². The van der Waals surface area contributed by atoms with Gasteiger partial charge in [-0.2, -0.15) is 0 Å². The normalized spacial score (nSPS) is 10.4. The van der Waals surface area contributed by atoms with Gasteiger partial charge in [-0.05, 0) is 6.92 Å². The van der Waals surface area contributed by atoms with Gasteiger partial charge in [0.25, 0.3) is 0 Å². The van der Waals surface area contributed by atoms with Crippen LogP contribution in [0.2, 0.25) is 0 Å². The molecule has 2 aromatic rings. The molecule has 2 heterocycles. The zero-order valence-electron chi connectivity index (χ0n) is 9.51. The molecule has 0 spiro atoms. The number of aromatic nitrogens is 4. The van der Waals surface area contributed by atoms with Gasteiger partial charge in [-0.3, -0.25) is 9.55 Å². The van der Waals surface area contributed by atoms with Crippen molar-refractivity contribution in [2.24, 2.45) is 0 Å². The van der Waals surface area contributed by atoms with Crippen LogP contribution in [0.15, 0.2) is 24.8 Å².